The molecule has 3 heterocycles. The predicted molar refractivity (Wildman–Crippen MR) is 142 cm³/mol. The van der Waals surface area contributed by atoms with Crippen molar-refractivity contribution in [3.05, 3.63) is 88.5 Å². The molecule has 0 spiro atoms. The third-order valence-corrected chi connectivity index (χ3v) is 7.66. The van der Waals surface area contributed by atoms with E-state index < -0.39 is 5.97 Å². The second-order valence-corrected chi connectivity index (χ2v) is 10.4. The van der Waals surface area contributed by atoms with Crippen LogP contribution in [0.5, 0.6) is 0 Å². The van der Waals surface area contributed by atoms with Crippen molar-refractivity contribution in [2.75, 3.05) is 11.4 Å². The summed E-state index contributed by atoms with van der Waals surface area (Å²) >= 11 is 1.43. The standard InChI is InChI=1S/C28H23N5O5S/c34-17-33(25-14-24(38-32-25)20-9-5-2-6-10-20)15-18-11-21(12-18)27-30-29-26(39-27)16-36-28(35)22-13-23(37-31-22)19-7-3-1-4-8-19/h1-10,13-14,17-18,21H,11-12,15-16H2. The van der Waals surface area contributed by atoms with Crippen LogP contribution in [0.3, 0.4) is 0 Å². The number of aromatic nitrogens is 4. The number of nitrogens with zero attached hydrogens (tertiary/aromatic N) is 5. The predicted octanol–water partition coefficient (Wildman–Crippen LogP) is 5.36. The lowest BCUT2D eigenvalue weighted by Crippen LogP contribution is -2.35. The van der Waals surface area contributed by atoms with Crippen LogP contribution in [0.25, 0.3) is 22.6 Å². The third kappa shape index (κ3) is 5.48. The average Bonchev–Trinajstić information content (AvgIpc) is 3.74. The molecule has 3 aromatic heterocycles. The van der Waals surface area contributed by atoms with E-state index in [0.29, 0.717) is 34.8 Å². The number of carbonyl (C=O) groups is 2. The average molecular weight is 542 g/mol. The number of hydrogen-bond donors (Lipinski definition) is 0. The number of ether oxygens (including phenoxy) is 1. The van der Waals surface area contributed by atoms with Crippen molar-refractivity contribution in [2.24, 2.45) is 5.92 Å². The second-order valence-electron chi connectivity index (χ2n) is 9.26. The number of esters is 1. The van der Waals surface area contributed by atoms with Crippen LogP contribution in [0, 0.1) is 5.92 Å². The molecule has 0 unspecified atom stereocenters. The van der Waals surface area contributed by atoms with Crippen molar-refractivity contribution >= 4 is 29.5 Å². The highest BCUT2D eigenvalue weighted by atomic mass is 32.1. The Hall–Kier alpha value is -4.64. The molecule has 0 bridgehead atoms. The molecule has 0 saturated heterocycles. The Kier molecular flexibility index (Phi) is 6.96. The van der Waals surface area contributed by atoms with Crippen LogP contribution in [0.4, 0.5) is 5.82 Å². The van der Waals surface area contributed by atoms with Gasteiger partial charge >= 0.3 is 5.97 Å². The van der Waals surface area contributed by atoms with Gasteiger partial charge in [-0.15, -0.1) is 10.2 Å². The van der Waals surface area contributed by atoms with E-state index in [0.717, 1.165) is 35.4 Å². The van der Waals surface area contributed by atoms with Crippen LogP contribution in [-0.2, 0) is 16.1 Å². The van der Waals surface area contributed by atoms with Crippen LogP contribution in [0.2, 0.25) is 0 Å². The number of hydrogen-bond acceptors (Lipinski definition) is 10. The molecule has 0 atom stereocenters. The van der Waals surface area contributed by atoms with Gasteiger partial charge in [0.2, 0.25) is 6.41 Å². The minimum atomic E-state index is -0.585. The fourth-order valence-electron chi connectivity index (χ4n) is 4.50. The maximum absolute atomic E-state index is 12.4. The van der Waals surface area contributed by atoms with E-state index in [1.165, 1.54) is 11.3 Å². The Morgan fingerprint density at radius 1 is 0.949 bits per heavy atom. The third-order valence-electron chi connectivity index (χ3n) is 6.60. The van der Waals surface area contributed by atoms with Crippen LogP contribution in [0.1, 0.15) is 39.3 Å². The van der Waals surface area contributed by atoms with Gasteiger partial charge in [-0.05, 0) is 18.8 Å². The summed E-state index contributed by atoms with van der Waals surface area (Å²) < 4.78 is 16.1. The number of rotatable bonds is 10. The zero-order chi connectivity index (χ0) is 26.6. The van der Waals surface area contributed by atoms with Gasteiger partial charge in [0.05, 0.1) is 0 Å². The molecule has 0 radical (unpaired) electrons. The maximum atomic E-state index is 12.4. The maximum Gasteiger partial charge on any atom is 0.360 e. The number of anilines is 1. The van der Waals surface area contributed by atoms with Gasteiger partial charge in [0.1, 0.15) is 11.6 Å². The van der Waals surface area contributed by atoms with Gasteiger partial charge < -0.3 is 13.8 Å². The Bertz CT molecular complexity index is 1560. The summed E-state index contributed by atoms with van der Waals surface area (Å²) in [5.74, 6) is 1.59. The minimum Gasteiger partial charge on any atom is -0.453 e. The van der Waals surface area contributed by atoms with Crippen molar-refractivity contribution in [1.29, 1.82) is 0 Å². The zero-order valence-corrected chi connectivity index (χ0v) is 21.5. The first-order valence-electron chi connectivity index (χ1n) is 12.4. The molecule has 196 valence electrons. The fourth-order valence-corrected chi connectivity index (χ4v) is 5.38. The van der Waals surface area contributed by atoms with E-state index in [1.54, 1.807) is 17.0 Å². The Balaban J connectivity index is 0.987. The highest BCUT2D eigenvalue weighted by Gasteiger charge is 2.34. The quantitative estimate of drug-likeness (QED) is 0.170. The fraction of sp³-hybridized carbons (Fsp3) is 0.214. The van der Waals surface area contributed by atoms with Gasteiger partial charge in [-0.3, -0.25) is 9.69 Å². The molecule has 39 heavy (non-hydrogen) atoms. The molecule has 1 aliphatic rings. The van der Waals surface area contributed by atoms with Gasteiger partial charge in [-0.2, -0.15) is 0 Å². The van der Waals surface area contributed by atoms with E-state index in [1.807, 2.05) is 60.7 Å². The lowest BCUT2D eigenvalue weighted by Gasteiger charge is -2.35. The normalized spacial score (nSPS) is 16.4. The molecule has 1 fully saturated rings. The molecule has 10 nitrogen and oxygen atoms in total. The monoisotopic (exact) mass is 541 g/mol. The van der Waals surface area contributed by atoms with E-state index in [4.69, 9.17) is 13.8 Å². The smallest absolute Gasteiger partial charge is 0.360 e. The largest absolute Gasteiger partial charge is 0.453 e. The first kappa shape index (κ1) is 24.7. The summed E-state index contributed by atoms with van der Waals surface area (Å²) in [6.07, 6.45) is 2.54. The van der Waals surface area contributed by atoms with Gasteiger partial charge in [0.15, 0.2) is 28.0 Å². The number of benzene rings is 2. The van der Waals surface area contributed by atoms with E-state index >= 15 is 0 Å². The molecule has 11 heteroatoms. The molecule has 1 saturated carbocycles. The molecule has 2 aromatic carbocycles. The molecule has 0 N–H and O–H groups in total. The van der Waals surface area contributed by atoms with E-state index in [2.05, 4.69) is 20.5 Å². The SMILES string of the molecule is O=CN(CC1CC(c2nnc(COC(=O)c3cc(-c4ccccc4)on3)s2)C1)c1cc(-c2ccccc2)on1. The Morgan fingerprint density at radius 3 is 2.31 bits per heavy atom. The van der Waals surface area contributed by atoms with E-state index in [9.17, 15) is 9.59 Å². The summed E-state index contributed by atoms with van der Waals surface area (Å²) in [6.45, 7) is 0.557. The lowest BCUT2D eigenvalue weighted by atomic mass is 9.75. The highest BCUT2D eigenvalue weighted by molar-refractivity contribution is 7.11. The van der Waals surface area contributed by atoms with Crippen LogP contribution < -0.4 is 4.90 Å². The molecular formula is C28H23N5O5S. The first-order valence-corrected chi connectivity index (χ1v) is 13.2. The molecule has 6 rings (SSSR count). The Labute approximate surface area is 227 Å². The topological polar surface area (TPSA) is 124 Å². The molecule has 0 aliphatic heterocycles. The summed E-state index contributed by atoms with van der Waals surface area (Å²) in [4.78, 5) is 25.7. The van der Waals surface area contributed by atoms with Crippen molar-refractivity contribution in [2.45, 2.75) is 25.4 Å². The van der Waals surface area contributed by atoms with Gasteiger partial charge in [0.25, 0.3) is 0 Å². The van der Waals surface area contributed by atoms with Crippen LogP contribution in [0.15, 0.2) is 81.8 Å². The lowest BCUT2D eigenvalue weighted by molar-refractivity contribution is -0.107. The van der Waals surface area contributed by atoms with E-state index in [-0.39, 0.29) is 18.2 Å². The molecule has 1 amide bonds. The van der Waals surface area contributed by atoms with Crippen molar-refractivity contribution < 1.29 is 23.4 Å². The number of carbonyl (C=O) groups excluding carboxylic acids is 2. The molecule has 1 aliphatic carbocycles. The summed E-state index contributed by atoms with van der Waals surface area (Å²) in [7, 11) is 0. The van der Waals surface area contributed by atoms with Crippen LogP contribution >= 0.6 is 11.3 Å². The van der Waals surface area contributed by atoms with Crippen molar-refractivity contribution in [1.82, 2.24) is 20.5 Å². The Morgan fingerprint density at radius 2 is 1.62 bits per heavy atom. The molecule has 5 aromatic rings. The van der Waals surface area contributed by atoms with Gasteiger partial charge in [-0.1, -0.05) is 82.3 Å². The number of amides is 1. The second kappa shape index (κ2) is 11.0. The van der Waals surface area contributed by atoms with Crippen LogP contribution in [-0.4, -0.2) is 39.4 Å². The minimum absolute atomic E-state index is 0.00893. The highest BCUT2D eigenvalue weighted by Crippen LogP contribution is 2.43. The van der Waals surface area contributed by atoms with Gasteiger partial charge in [0, 0.05) is 35.7 Å². The van der Waals surface area contributed by atoms with Crippen molar-refractivity contribution in [3.8, 4) is 22.6 Å². The summed E-state index contributed by atoms with van der Waals surface area (Å²) in [5, 5.41) is 17.9. The van der Waals surface area contributed by atoms with Gasteiger partial charge in [-0.25, -0.2) is 4.79 Å². The summed E-state index contributed by atoms with van der Waals surface area (Å²) in [6, 6.07) is 22.4. The first-order chi connectivity index (χ1) is 19.2. The molecular weight excluding hydrogens is 518 g/mol. The van der Waals surface area contributed by atoms with Crippen molar-refractivity contribution in [3.63, 3.8) is 0 Å². The summed E-state index contributed by atoms with van der Waals surface area (Å²) in [5.41, 5.74) is 1.83. The zero-order valence-electron chi connectivity index (χ0n) is 20.7.